The summed E-state index contributed by atoms with van der Waals surface area (Å²) in [6, 6.07) is 5.87. The fourth-order valence-corrected chi connectivity index (χ4v) is 3.29. The summed E-state index contributed by atoms with van der Waals surface area (Å²) < 4.78 is 43.3. The fraction of sp³-hybridized carbons (Fsp3) is 0.143. The van der Waals surface area contributed by atoms with Crippen molar-refractivity contribution in [3.8, 4) is 0 Å². The summed E-state index contributed by atoms with van der Waals surface area (Å²) in [5.74, 6) is -0.332. The van der Waals surface area contributed by atoms with Gasteiger partial charge in [-0.3, -0.25) is 14.1 Å². The van der Waals surface area contributed by atoms with E-state index < -0.39 is 15.8 Å². The van der Waals surface area contributed by atoms with Crippen molar-refractivity contribution in [2.24, 2.45) is 7.05 Å². The molecule has 3 rings (SSSR count). The van der Waals surface area contributed by atoms with Crippen LogP contribution in [0.25, 0.3) is 0 Å². The fourth-order valence-electron chi connectivity index (χ4n) is 2.08. The molecule has 0 saturated carbocycles. The van der Waals surface area contributed by atoms with Gasteiger partial charge in [-0.2, -0.15) is 10.2 Å². The number of benzene rings is 1. The zero-order valence-corrected chi connectivity index (χ0v) is 14.1. The molecule has 3 aromatic rings. The quantitative estimate of drug-likeness (QED) is 0.748. The summed E-state index contributed by atoms with van der Waals surface area (Å²) in [6.45, 7) is 0.0835. The van der Waals surface area contributed by atoms with Gasteiger partial charge in [0, 0.05) is 36.1 Å². The highest BCUT2D eigenvalue weighted by Crippen LogP contribution is 2.20. The van der Waals surface area contributed by atoms with Gasteiger partial charge in [-0.25, -0.2) is 12.8 Å². The lowest BCUT2D eigenvalue weighted by molar-refractivity contribution is 0.585. The predicted molar refractivity (Wildman–Crippen MR) is 86.8 cm³/mol. The van der Waals surface area contributed by atoms with Gasteiger partial charge in [-0.15, -0.1) is 0 Å². The zero-order chi connectivity index (χ0) is 17.3. The van der Waals surface area contributed by atoms with Crippen molar-refractivity contribution in [1.82, 2.24) is 19.6 Å². The summed E-state index contributed by atoms with van der Waals surface area (Å²) in [6.07, 6.45) is 4.14. The summed E-state index contributed by atoms with van der Waals surface area (Å²) in [7, 11) is -2.16. The van der Waals surface area contributed by atoms with E-state index in [2.05, 4.69) is 14.9 Å². The Morgan fingerprint density at radius 1 is 1.33 bits per heavy atom. The SMILES string of the molecule is Cn1cc(S(=O)(=O)Nc2ccn(Cc3c(F)cccc3Cl)n2)cn1. The highest BCUT2D eigenvalue weighted by atomic mass is 35.5. The van der Waals surface area contributed by atoms with Gasteiger partial charge in [0.2, 0.25) is 0 Å². The highest BCUT2D eigenvalue weighted by molar-refractivity contribution is 7.92. The zero-order valence-electron chi connectivity index (χ0n) is 12.5. The van der Waals surface area contributed by atoms with Crippen LogP contribution in [0.4, 0.5) is 10.2 Å². The van der Waals surface area contributed by atoms with Crippen LogP contribution in [0.2, 0.25) is 5.02 Å². The molecule has 0 unspecified atom stereocenters. The summed E-state index contributed by atoms with van der Waals surface area (Å²) in [5, 5.41) is 8.18. The Morgan fingerprint density at radius 3 is 2.79 bits per heavy atom. The minimum atomic E-state index is -3.78. The minimum Gasteiger partial charge on any atom is -0.274 e. The molecule has 7 nitrogen and oxygen atoms in total. The number of anilines is 1. The maximum atomic E-state index is 13.8. The van der Waals surface area contributed by atoms with Crippen molar-refractivity contribution in [1.29, 1.82) is 0 Å². The molecule has 0 aliphatic heterocycles. The number of hydrogen-bond donors (Lipinski definition) is 1. The number of halogens is 2. The van der Waals surface area contributed by atoms with Crippen LogP contribution < -0.4 is 4.72 Å². The predicted octanol–water partition coefficient (Wildman–Crippen LogP) is 2.26. The average molecular weight is 370 g/mol. The highest BCUT2D eigenvalue weighted by Gasteiger charge is 2.17. The lowest BCUT2D eigenvalue weighted by Crippen LogP contribution is -2.13. The second kappa shape index (κ2) is 6.25. The number of aryl methyl sites for hydroxylation is 1. The van der Waals surface area contributed by atoms with E-state index >= 15 is 0 Å². The van der Waals surface area contributed by atoms with Crippen LogP contribution in [0.15, 0.2) is 47.8 Å². The molecular formula is C14H13ClFN5O2S. The van der Waals surface area contributed by atoms with Crippen molar-refractivity contribution < 1.29 is 12.8 Å². The Morgan fingerprint density at radius 2 is 2.12 bits per heavy atom. The van der Waals surface area contributed by atoms with Gasteiger partial charge in [0.1, 0.15) is 10.7 Å². The Bertz CT molecular complexity index is 962. The Labute approximate surface area is 142 Å². The van der Waals surface area contributed by atoms with Gasteiger partial charge in [0.05, 0.1) is 12.7 Å². The lowest BCUT2D eigenvalue weighted by Gasteiger charge is -2.06. The Kier molecular flexibility index (Phi) is 4.29. The van der Waals surface area contributed by atoms with Gasteiger partial charge >= 0.3 is 0 Å². The first kappa shape index (κ1) is 16.5. The van der Waals surface area contributed by atoms with E-state index in [0.29, 0.717) is 0 Å². The third kappa shape index (κ3) is 3.41. The number of hydrogen-bond acceptors (Lipinski definition) is 4. The maximum Gasteiger partial charge on any atom is 0.266 e. The Balaban J connectivity index is 1.79. The van der Waals surface area contributed by atoms with E-state index in [9.17, 15) is 12.8 Å². The monoisotopic (exact) mass is 369 g/mol. The normalized spacial score (nSPS) is 11.6. The molecule has 0 aliphatic carbocycles. The van der Waals surface area contributed by atoms with Crippen molar-refractivity contribution in [3.05, 3.63) is 59.3 Å². The number of sulfonamides is 1. The van der Waals surface area contributed by atoms with Crippen LogP contribution in [0.5, 0.6) is 0 Å². The molecule has 0 amide bonds. The number of rotatable bonds is 5. The molecule has 0 spiro atoms. The van der Waals surface area contributed by atoms with Crippen molar-refractivity contribution in [2.45, 2.75) is 11.4 Å². The van der Waals surface area contributed by atoms with Crippen LogP contribution in [0.1, 0.15) is 5.56 Å². The van der Waals surface area contributed by atoms with Gasteiger partial charge in [-0.1, -0.05) is 17.7 Å². The van der Waals surface area contributed by atoms with Crippen LogP contribution in [-0.4, -0.2) is 28.0 Å². The first-order valence-corrected chi connectivity index (χ1v) is 8.69. The smallest absolute Gasteiger partial charge is 0.266 e. The van der Waals surface area contributed by atoms with Crippen LogP contribution in [-0.2, 0) is 23.6 Å². The van der Waals surface area contributed by atoms with Gasteiger partial charge in [0.15, 0.2) is 5.82 Å². The second-order valence-electron chi connectivity index (χ2n) is 5.05. The van der Waals surface area contributed by atoms with E-state index in [4.69, 9.17) is 11.6 Å². The number of nitrogens with one attached hydrogen (secondary N) is 1. The molecule has 0 fully saturated rings. The third-order valence-corrected chi connectivity index (χ3v) is 4.92. The second-order valence-corrected chi connectivity index (χ2v) is 7.14. The molecule has 0 atom stereocenters. The molecule has 2 heterocycles. The van der Waals surface area contributed by atoms with E-state index in [0.717, 1.165) is 0 Å². The van der Waals surface area contributed by atoms with Gasteiger partial charge in [0.25, 0.3) is 10.0 Å². The molecule has 0 bridgehead atoms. The van der Waals surface area contributed by atoms with Crippen molar-refractivity contribution in [2.75, 3.05) is 4.72 Å². The van der Waals surface area contributed by atoms with Crippen molar-refractivity contribution >= 4 is 27.4 Å². The Hall–Kier alpha value is -2.39. The average Bonchev–Trinajstić information content (AvgIpc) is 3.12. The maximum absolute atomic E-state index is 13.8. The molecule has 0 radical (unpaired) electrons. The molecular weight excluding hydrogens is 357 g/mol. The third-order valence-electron chi connectivity index (χ3n) is 3.25. The lowest BCUT2D eigenvalue weighted by atomic mass is 10.2. The number of nitrogens with zero attached hydrogens (tertiary/aromatic N) is 4. The minimum absolute atomic E-state index is 0.0247. The molecule has 2 aromatic heterocycles. The largest absolute Gasteiger partial charge is 0.274 e. The van der Waals surface area contributed by atoms with E-state index in [1.54, 1.807) is 13.1 Å². The summed E-state index contributed by atoms with van der Waals surface area (Å²) >= 11 is 5.97. The summed E-state index contributed by atoms with van der Waals surface area (Å²) in [5.41, 5.74) is 0.281. The topological polar surface area (TPSA) is 81.8 Å². The summed E-state index contributed by atoms with van der Waals surface area (Å²) in [4.78, 5) is 0.0247. The standard InChI is InChI=1S/C14H13ClFN5O2S/c1-20-8-10(7-17-20)24(22,23)19-14-5-6-21(18-14)9-11-12(15)3-2-4-13(11)16/h2-8H,9H2,1H3,(H,18,19). The van der Waals surface area contributed by atoms with E-state index in [1.807, 2.05) is 0 Å². The molecule has 126 valence electrons. The number of aromatic nitrogens is 4. The van der Waals surface area contributed by atoms with Crippen LogP contribution in [0, 0.1) is 5.82 Å². The van der Waals surface area contributed by atoms with Crippen LogP contribution in [0.3, 0.4) is 0 Å². The molecule has 0 aliphatic rings. The van der Waals surface area contributed by atoms with Crippen LogP contribution >= 0.6 is 11.6 Å². The van der Waals surface area contributed by atoms with Gasteiger partial charge < -0.3 is 0 Å². The van der Waals surface area contributed by atoms with E-state index in [-0.39, 0.29) is 27.8 Å². The first-order chi connectivity index (χ1) is 11.3. The van der Waals surface area contributed by atoms with Gasteiger partial charge in [-0.05, 0) is 12.1 Å². The molecule has 1 N–H and O–H groups in total. The van der Waals surface area contributed by atoms with Crippen molar-refractivity contribution in [3.63, 3.8) is 0 Å². The molecule has 0 saturated heterocycles. The van der Waals surface area contributed by atoms with E-state index in [1.165, 1.54) is 46.2 Å². The molecule has 24 heavy (non-hydrogen) atoms. The molecule has 1 aromatic carbocycles. The molecule has 10 heteroatoms. The first-order valence-electron chi connectivity index (χ1n) is 6.83.